The molecule has 1 N–H and O–H groups in total. The Hall–Kier alpha value is -2.78. The van der Waals surface area contributed by atoms with Crippen molar-refractivity contribution in [2.24, 2.45) is 0 Å². The summed E-state index contributed by atoms with van der Waals surface area (Å²) in [5.41, 5.74) is -2.02. The van der Waals surface area contributed by atoms with Gasteiger partial charge in [0.25, 0.3) is 5.91 Å². The SMILES string of the molecule is CC(C)N1CC(=O)N(Cc2ccc(C(F)(F)F)cc2)C2(CCN(C(=O)NC(C)(C)C)C2)C1=O. The zero-order valence-corrected chi connectivity index (χ0v) is 19.6. The number of piperazine rings is 1. The number of hydrogen-bond acceptors (Lipinski definition) is 3. The Bertz CT molecular complexity index is 924. The standard InChI is InChI=1S/C23H31F3N4O3/c1-15(2)29-13-18(31)30(12-16-6-8-17(9-7-16)23(24,25)26)22(19(29)32)10-11-28(14-22)20(33)27-21(3,4)5/h6-9,15H,10-14H2,1-5H3,(H,27,33). The Labute approximate surface area is 191 Å². The number of halogens is 3. The van der Waals surface area contributed by atoms with Crippen LogP contribution in [0.4, 0.5) is 18.0 Å². The van der Waals surface area contributed by atoms with Gasteiger partial charge < -0.3 is 20.0 Å². The van der Waals surface area contributed by atoms with Crippen LogP contribution in [0.15, 0.2) is 24.3 Å². The van der Waals surface area contributed by atoms with Crippen LogP contribution < -0.4 is 5.32 Å². The molecule has 1 aromatic rings. The van der Waals surface area contributed by atoms with E-state index in [-0.39, 0.29) is 56.5 Å². The number of carbonyl (C=O) groups excluding carboxylic acids is 3. The molecule has 2 aliphatic rings. The number of carbonyl (C=O) groups is 3. The van der Waals surface area contributed by atoms with E-state index >= 15 is 0 Å². The van der Waals surface area contributed by atoms with Crippen LogP contribution in [0.3, 0.4) is 0 Å². The van der Waals surface area contributed by atoms with Gasteiger partial charge in [0.2, 0.25) is 5.91 Å². The molecule has 33 heavy (non-hydrogen) atoms. The summed E-state index contributed by atoms with van der Waals surface area (Å²) in [7, 11) is 0. The third-order valence-electron chi connectivity index (χ3n) is 6.04. The molecule has 3 rings (SSSR count). The van der Waals surface area contributed by atoms with Crippen molar-refractivity contribution in [3.05, 3.63) is 35.4 Å². The van der Waals surface area contributed by atoms with Gasteiger partial charge in [0.15, 0.2) is 0 Å². The Balaban J connectivity index is 1.91. The topological polar surface area (TPSA) is 73.0 Å². The van der Waals surface area contributed by atoms with Gasteiger partial charge >= 0.3 is 12.2 Å². The van der Waals surface area contributed by atoms with Crippen LogP contribution in [0.2, 0.25) is 0 Å². The number of urea groups is 1. The fourth-order valence-electron chi connectivity index (χ4n) is 4.32. The average molecular weight is 469 g/mol. The van der Waals surface area contributed by atoms with Gasteiger partial charge in [0.1, 0.15) is 12.1 Å². The molecule has 0 saturated carbocycles. The highest BCUT2D eigenvalue weighted by Gasteiger charge is 2.57. The van der Waals surface area contributed by atoms with Crippen LogP contribution >= 0.6 is 0 Å². The Morgan fingerprint density at radius 2 is 1.73 bits per heavy atom. The first-order valence-corrected chi connectivity index (χ1v) is 11.0. The number of likely N-dealkylation sites (tertiary alicyclic amines) is 1. The lowest BCUT2D eigenvalue weighted by atomic mass is 9.89. The second-order valence-electron chi connectivity index (χ2n) is 10.1. The van der Waals surface area contributed by atoms with Crippen LogP contribution in [0.5, 0.6) is 0 Å². The van der Waals surface area contributed by atoms with Gasteiger partial charge in [-0.25, -0.2) is 4.79 Å². The summed E-state index contributed by atoms with van der Waals surface area (Å²) in [5, 5.41) is 2.88. The van der Waals surface area contributed by atoms with Gasteiger partial charge in [0, 0.05) is 24.7 Å². The van der Waals surface area contributed by atoms with Crippen LogP contribution in [0.25, 0.3) is 0 Å². The number of alkyl halides is 3. The first-order chi connectivity index (χ1) is 15.1. The molecule has 0 bridgehead atoms. The van der Waals surface area contributed by atoms with Gasteiger partial charge in [-0.3, -0.25) is 9.59 Å². The monoisotopic (exact) mass is 468 g/mol. The molecule has 7 nitrogen and oxygen atoms in total. The second kappa shape index (κ2) is 8.53. The quantitative estimate of drug-likeness (QED) is 0.740. The van der Waals surface area contributed by atoms with Gasteiger partial charge in [-0.2, -0.15) is 13.2 Å². The predicted octanol–water partition coefficient (Wildman–Crippen LogP) is 3.24. The third-order valence-corrected chi connectivity index (χ3v) is 6.04. The molecular formula is C23H31F3N4O3. The molecule has 0 radical (unpaired) electrons. The van der Waals surface area contributed by atoms with E-state index in [0.29, 0.717) is 5.56 Å². The van der Waals surface area contributed by atoms with Crippen LogP contribution in [0.1, 0.15) is 52.2 Å². The van der Waals surface area contributed by atoms with E-state index in [1.807, 2.05) is 34.6 Å². The molecule has 182 valence electrons. The zero-order chi connectivity index (χ0) is 24.8. The molecule has 2 heterocycles. The molecule has 1 aromatic carbocycles. The van der Waals surface area contributed by atoms with Crippen molar-refractivity contribution in [2.75, 3.05) is 19.6 Å². The number of nitrogens with one attached hydrogen (secondary N) is 1. The van der Waals surface area contributed by atoms with Gasteiger partial charge in [-0.1, -0.05) is 12.1 Å². The summed E-state index contributed by atoms with van der Waals surface area (Å²) in [6.07, 6.45) is -4.19. The lowest BCUT2D eigenvalue weighted by molar-refractivity contribution is -0.166. The molecule has 4 amide bonds. The number of benzene rings is 1. The summed E-state index contributed by atoms with van der Waals surface area (Å²) in [4.78, 5) is 44.0. The Morgan fingerprint density at radius 1 is 1.12 bits per heavy atom. The first kappa shape index (κ1) is 24.9. The van der Waals surface area contributed by atoms with Crippen molar-refractivity contribution in [3.8, 4) is 0 Å². The minimum atomic E-state index is -4.46. The summed E-state index contributed by atoms with van der Waals surface area (Å²) in [6, 6.07) is 4.05. The van der Waals surface area contributed by atoms with Crippen molar-refractivity contribution in [2.45, 2.75) is 70.9 Å². The molecule has 2 saturated heterocycles. The van der Waals surface area contributed by atoms with Crippen LogP contribution in [-0.2, 0) is 22.3 Å². The minimum absolute atomic E-state index is 0.0105. The summed E-state index contributed by atoms with van der Waals surface area (Å²) in [5.74, 6) is -0.531. The molecule has 2 fully saturated rings. The van der Waals surface area contributed by atoms with Gasteiger partial charge in [-0.05, 0) is 58.7 Å². The zero-order valence-electron chi connectivity index (χ0n) is 19.6. The maximum Gasteiger partial charge on any atom is 0.416 e. The summed E-state index contributed by atoms with van der Waals surface area (Å²) in [6.45, 7) is 9.40. The average Bonchev–Trinajstić information content (AvgIpc) is 3.13. The lowest BCUT2D eigenvalue weighted by Gasteiger charge is -2.48. The lowest BCUT2D eigenvalue weighted by Crippen LogP contribution is -2.70. The van der Waals surface area contributed by atoms with Crippen molar-refractivity contribution >= 4 is 17.8 Å². The smallest absolute Gasteiger partial charge is 0.333 e. The highest BCUT2D eigenvalue weighted by atomic mass is 19.4. The van der Waals surface area contributed by atoms with Crippen LogP contribution in [-0.4, -0.2) is 69.3 Å². The maximum atomic E-state index is 13.6. The Morgan fingerprint density at radius 3 is 2.24 bits per heavy atom. The van der Waals surface area contributed by atoms with Crippen molar-refractivity contribution in [3.63, 3.8) is 0 Å². The first-order valence-electron chi connectivity index (χ1n) is 11.0. The normalized spacial score (nSPS) is 22.0. The van der Waals surface area contributed by atoms with Crippen LogP contribution in [0, 0.1) is 0 Å². The summed E-state index contributed by atoms with van der Waals surface area (Å²) < 4.78 is 38.8. The molecule has 2 aliphatic heterocycles. The van der Waals surface area contributed by atoms with Crippen molar-refractivity contribution < 1.29 is 27.6 Å². The third kappa shape index (κ3) is 5.09. The fourth-order valence-corrected chi connectivity index (χ4v) is 4.32. The van der Waals surface area contributed by atoms with E-state index in [0.717, 1.165) is 12.1 Å². The maximum absolute atomic E-state index is 13.6. The molecule has 10 heteroatoms. The second-order valence-corrected chi connectivity index (χ2v) is 10.1. The van der Waals surface area contributed by atoms with E-state index < -0.39 is 22.8 Å². The number of rotatable bonds is 3. The largest absolute Gasteiger partial charge is 0.416 e. The minimum Gasteiger partial charge on any atom is -0.333 e. The molecule has 1 spiro atoms. The predicted molar refractivity (Wildman–Crippen MR) is 116 cm³/mol. The van der Waals surface area contributed by atoms with Gasteiger partial charge in [-0.15, -0.1) is 0 Å². The molecular weight excluding hydrogens is 437 g/mol. The van der Waals surface area contributed by atoms with Gasteiger partial charge in [0.05, 0.1) is 12.1 Å². The molecule has 0 aliphatic carbocycles. The van der Waals surface area contributed by atoms with E-state index in [2.05, 4.69) is 5.32 Å². The highest BCUT2D eigenvalue weighted by molar-refractivity contribution is 5.99. The van der Waals surface area contributed by atoms with E-state index in [4.69, 9.17) is 0 Å². The Kier molecular flexibility index (Phi) is 6.43. The summed E-state index contributed by atoms with van der Waals surface area (Å²) >= 11 is 0. The van der Waals surface area contributed by atoms with E-state index in [9.17, 15) is 27.6 Å². The number of hydrogen-bond donors (Lipinski definition) is 1. The number of amides is 4. The fraction of sp³-hybridized carbons (Fsp3) is 0.609. The number of nitrogens with zero attached hydrogens (tertiary/aromatic N) is 3. The van der Waals surface area contributed by atoms with Crippen molar-refractivity contribution in [1.82, 2.24) is 20.0 Å². The van der Waals surface area contributed by atoms with Crippen molar-refractivity contribution in [1.29, 1.82) is 0 Å². The molecule has 1 atom stereocenters. The van der Waals surface area contributed by atoms with E-state index in [1.54, 1.807) is 0 Å². The molecule has 1 unspecified atom stereocenters. The van der Waals surface area contributed by atoms with E-state index in [1.165, 1.54) is 26.8 Å². The highest BCUT2D eigenvalue weighted by Crippen LogP contribution is 2.36. The molecule has 0 aromatic heterocycles.